The third-order valence-electron chi connectivity index (χ3n) is 1.12. The monoisotopic (exact) mass is 243 g/mol. The number of halogens is 3. The average molecular weight is 243 g/mol. The number of hydrogen-bond acceptors (Lipinski definition) is 4. The molecule has 1 heterocycles. The van der Waals surface area contributed by atoms with Crippen molar-refractivity contribution in [2.75, 3.05) is 0 Å². The van der Waals surface area contributed by atoms with Gasteiger partial charge in [0.2, 0.25) is 0 Å². The van der Waals surface area contributed by atoms with Crippen molar-refractivity contribution in [3.63, 3.8) is 0 Å². The summed E-state index contributed by atoms with van der Waals surface area (Å²) in [6, 6.07) is 5.86. The molecule has 0 bridgehead atoms. The predicted octanol–water partition coefficient (Wildman–Crippen LogP) is 1.83. The van der Waals surface area contributed by atoms with Crippen LogP contribution in [-0.2, 0) is 14.5 Å². The molecule has 0 aliphatic rings. The Morgan fingerprint density at radius 2 is 2.00 bits per heavy atom. The van der Waals surface area contributed by atoms with Crippen molar-refractivity contribution < 1.29 is 26.1 Å². The Labute approximate surface area is 84.7 Å². The molecule has 0 atom stereocenters. The second kappa shape index (κ2) is 6.36. The largest absolute Gasteiger partial charge is 0.363 e. The summed E-state index contributed by atoms with van der Waals surface area (Å²) in [6.45, 7) is 1.97. The number of aryl methyl sites for hydroxylation is 1. The van der Waals surface area contributed by atoms with Crippen LogP contribution < -0.4 is 0 Å². The normalized spacial score (nSPS) is 10.7. The molecule has 0 N–H and O–H groups in total. The van der Waals surface area contributed by atoms with Gasteiger partial charge >= 0.3 is 15.9 Å². The molecule has 1 rings (SSSR count). The van der Waals surface area contributed by atoms with Crippen molar-refractivity contribution in [1.82, 2.24) is 4.98 Å². The topological polar surface area (TPSA) is 56.3 Å². The van der Waals surface area contributed by atoms with Crippen LogP contribution in [0.15, 0.2) is 24.4 Å². The highest BCUT2D eigenvalue weighted by atomic mass is 32.2. The molecule has 0 unspecified atom stereocenters. The van der Waals surface area contributed by atoms with Crippen molar-refractivity contribution in [2.45, 2.75) is 12.7 Å². The van der Waals surface area contributed by atoms with Gasteiger partial charge in [-0.3, -0.25) is 4.98 Å². The van der Waals surface area contributed by atoms with Crippen LogP contribution in [0.3, 0.4) is 0 Å². The Bertz CT molecular complexity index is 368. The van der Waals surface area contributed by atoms with Crippen LogP contribution in [0.25, 0.3) is 0 Å². The minimum Gasteiger partial charge on any atom is -0.262 e. The van der Waals surface area contributed by atoms with Crippen LogP contribution in [0.1, 0.15) is 5.69 Å². The molecule has 0 saturated heterocycles. The van der Waals surface area contributed by atoms with Gasteiger partial charge in [-0.2, -0.15) is 17.2 Å². The third kappa shape index (κ3) is 6.02. The molecule has 4 nitrogen and oxygen atoms in total. The molecule has 15 heavy (non-hydrogen) atoms. The van der Waals surface area contributed by atoms with Crippen molar-refractivity contribution in [1.29, 1.82) is 0 Å². The van der Waals surface area contributed by atoms with Crippen LogP contribution >= 0.6 is 0 Å². The molecule has 0 saturated carbocycles. The maximum Gasteiger partial charge on any atom is 0.363 e. The van der Waals surface area contributed by atoms with Crippen LogP contribution in [0.5, 0.6) is 0 Å². The van der Waals surface area contributed by atoms with Crippen LogP contribution in [0.4, 0.5) is 13.3 Å². The summed E-state index contributed by atoms with van der Waals surface area (Å²) in [4.78, 5) is 3.98. The van der Waals surface area contributed by atoms with Gasteiger partial charge in [-0.25, -0.2) is 0 Å². The van der Waals surface area contributed by atoms with Crippen LogP contribution in [0.2, 0.25) is 0 Å². The zero-order chi connectivity index (χ0) is 11.9. The Balaban J connectivity index is 0.000000262. The highest BCUT2D eigenvalue weighted by molar-refractivity contribution is 7.86. The summed E-state index contributed by atoms with van der Waals surface area (Å²) in [5.41, 5.74) is 1.07. The molecule has 0 aliphatic carbocycles. The van der Waals surface area contributed by atoms with E-state index in [0.717, 1.165) is 5.69 Å². The maximum atomic E-state index is 10.9. The number of aromatic nitrogens is 1. The summed E-state index contributed by atoms with van der Waals surface area (Å²) < 4.78 is 52.8. The highest BCUT2D eigenvalue weighted by Gasteiger charge is 2.25. The molecule has 0 aromatic carbocycles. The van der Waals surface area contributed by atoms with Gasteiger partial charge in [0.1, 0.15) is 0 Å². The quantitative estimate of drug-likeness (QED) is 0.795. The second-order valence-electron chi connectivity index (χ2n) is 2.29. The smallest absolute Gasteiger partial charge is 0.262 e. The van der Waals surface area contributed by atoms with Crippen molar-refractivity contribution in [3.05, 3.63) is 30.1 Å². The minimum absolute atomic E-state index is 1.07. The van der Waals surface area contributed by atoms with Crippen molar-refractivity contribution in [2.24, 2.45) is 0 Å². The second-order valence-corrected chi connectivity index (χ2v) is 3.76. The fourth-order valence-corrected chi connectivity index (χ4v) is 0.531. The van der Waals surface area contributed by atoms with Gasteiger partial charge in [-0.05, 0) is 23.6 Å². The minimum atomic E-state index is -5.24. The number of nitrogens with zero attached hydrogens (tertiary/aromatic N) is 1. The van der Waals surface area contributed by atoms with E-state index in [1.165, 1.54) is 0 Å². The van der Waals surface area contributed by atoms with Gasteiger partial charge in [0.05, 0.1) is 0 Å². The van der Waals surface area contributed by atoms with E-state index in [9.17, 15) is 21.7 Å². The molecule has 0 amide bonds. The fourth-order valence-electron chi connectivity index (χ4n) is 0.476. The molecular formula is C7H8F3NO3S. The predicted molar refractivity (Wildman–Crippen MR) is 46.1 cm³/mol. The Hall–Kier alpha value is -1.15. The molecule has 8 heteroatoms. The van der Waals surface area contributed by atoms with E-state index in [2.05, 4.69) is 4.98 Å². The van der Waals surface area contributed by atoms with E-state index in [1.807, 2.05) is 29.5 Å². The molecule has 0 fully saturated rings. The lowest BCUT2D eigenvalue weighted by Gasteiger charge is -1.90. The molecule has 0 spiro atoms. The third-order valence-corrected chi connectivity index (χ3v) is 1.73. The van der Waals surface area contributed by atoms with E-state index >= 15 is 0 Å². The first-order chi connectivity index (χ1) is 6.90. The molecule has 1 aromatic heterocycles. The summed E-state index contributed by atoms with van der Waals surface area (Å²) in [5.74, 6) is -3.81. The van der Waals surface area contributed by atoms with Crippen LogP contribution in [-0.4, -0.2) is 19.2 Å². The standard InChI is InChI=1S/C6H7N.CHF3O3S/c1-6-4-2-3-5-7-6;2-1(3)8(5,6)7-4/h2-5H,1H3;1H. The lowest BCUT2D eigenvalue weighted by molar-refractivity contribution is -0.00838. The first-order valence-electron chi connectivity index (χ1n) is 3.60. The van der Waals surface area contributed by atoms with Crippen LogP contribution in [0, 0.1) is 6.92 Å². The van der Waals surface area contributed by atoms with E-state index < -0.39 is 15.9 Å². The van der Waals surface area contributed by atoms with E-state index in [-0.39, 0.29) is 0 Å². The zero-order valence-corrected chi connectivity index (χ0v) is 8.42. The Kier molecular flexibility index (Phi) is 5.87. The molecular weight excluding hydrogens is 235 g/mol. The zero-order valence-electron chi connectivity index (χ0n) is 7.60. The average Bonchev–Trinajstić information content (AvgIpc) is 2.19. The first kappa shape index (κ1) is 13.8. The fraction of sp³-hybridized carbons (Fsp3) is 0.286. The first-order valence-corrected chi connectivity index (χ1v) is 5.07. The summed E-state index contributed by atoms with van der Waals surface area (Å²) >= 11 is 0. The van der Waals surface area contributed by atoms with Gasteiger partial charge in [0.25, 0.3) is 0 Å². The Morgan fingerprint density at radius 3 is 2.13 bits per heavy atom. The van der Waals surface area contributed by atoms with Gasteiger partial charge in [0.15, 0.2) is 0 Å². The molecule has 1 aromatic rings. The molecule has 0 radical (unpaired) electrons. The van der Waals surface area contributed by atoms with Gasteiger partial charge in [0, 0.05) is 11.9 Å². The van der Waals surface area contributed by atoms with E-state index in [1.54, 1.807) is 6.20 Å². The van der Waals surface area contributed by atoms with Crippen molar-refractivity contribution >= 4 is 10.1 Å². The van der Waals surface area contributed by atoms with E-state index in [4.69, 9.17) is 0 Å². The molecule has 0 aliphatic heterocycles. The highest BCUT2D eigenvalue weighted by Crippen LogP contribution is 2.06. The summed E-state index contributed by atoms with van der Waals surface area (Å²) in [5, 5.41) is 0. The lowest BCUT2D eigenvalue weighted by atomic mass is 10.4. The number of pyridine rings is 1. The van der Waals surface area contributed by atoms with Gasteiger partial charge in [-0.1, -0.05) is 10.5 Å². The number of rotatable bonds is 2. The lowest BCUT2D eigenvalue weighted by Crippen LogP contribution is -2.09. The van der Waals surface area contributed by atoms with Gasteiger partial charge in [-0.15, -0.1) is 0 Å². The number of alkyl halides is 2. The molecule has 86 valence electrons. The maximum absolute atomic E-state index is 10.9. The van der Waals surface area contributed by atoms with Crippen molar-refractivity contribution in [3.8, 4) is 0 Å². The number of hydrogen-bond donors (Lipinski definition) is 0. The summed E-state index contributed by atoms with van der Waals surface area (Å²) in [6.07, 6.45) is 1.79. The summed E-state index contributed by atoms with van der Waals surface area (Å²) in [7, 11) is -5.24. The Morgan fingerprint density at radius 1 is 1.40 bits per heavy atom. The SMILES string of the molecule is Cc1ccccn1.O=S(=O)(OF)C(F)F. The van der Waals surface area contributed by atoms with E-state index in [0.29, 0.717) is 0 Å². The van der Waals surface area contributed by atoms with Gasteiger partial charge < -0.3 is 0 Å².